The van der Waals surface area contributed by atoms with Crippen LogP contribution in [0.1, 0.15) is 31.8 Å². The molecule has 1 aromatic heterocycles. The molecule has 0 saturated heterocycles. The molecule has 1 heterocycles. The van der Waals surface area contributed by atoms with E-state index in [2.05, 4.69) is 0 Å². The maximum absolute atomic E-state index is 13.8. The summed E-state index contributed by atoms with van der Waals surface area (Å²) >= 11 is 0. The van der Waals surface area contributed by atoms with Crippen molar-refractivity contribution in [3.63, 3.8) is 0 Å². The van der Waals surface area contributed by atoms with Crippen LogP contribution < -0.4 is 0 Å². The summed E-state index contributed by atoms with van der Waals surface area (Å²) in [5, 5.41) is 1.57. The Kier molecular flexibility index (Phi) is 5.80. The molecule has 0 aliphatic carbocycles. The highest BCUT2D eigenvalue weighted by Crippen LogP contribution is 2.41. The summed E-state index contributed by atoms with van der Waals surface area (Å²) in [6.45, 7) is 0. The lowest BCUT2D eigenvalue weighted by Gasteiger charge is -2.10. The van der Waals surface area contributed by atoms with Crippen molar-refractivity contribution in [1.29, 1.82) is 0 Å². The van der Waals surface area contributed by atoms with Gasteiger partial charge in [0.05, 0.1) is 0 Å². The first kappa shape index (κ1) is 22.4. The molecule has 0 spiro atoms. The van der Waals surface area contributed by atoms with Gasteiger partial charge in [-0.05, 0) is 12.1 Å². The Hall–Kier alpha value is -5.02. The maximum Gasteiger partial charge on any atom is 0.193 e. The molecule has 0 unspecified atom stereocenters. The van der Waals surface area contributed by atoms with E-state index >= 15 is 0 Å². The summed E-state index contributed by atoms with van der Waals surface area (Å²) < 4.78 is 6.50. The average Bonchev–Trinajstić information content (AvgIpc) is 3.36. The van der Waals surface area contributed by atoms with Crippen molar-refractivity contribution in [2.75, 3.05) is 0 Å². The molecular weight excluding hydrogens is 456 g/mol. The number of fused-ring (bicyclic) bond motifs is 1. The summed E-state index contributed by atoms with van der Waals surface area (Å²) in [6, 6.07) is 41.4. The van der Waals surface area contributed by atoms with Crippen LogP contribution in [0.25, 0.3) is 33.4 Å². The van der Waals surface area contributed by atoms with Crippen molar-refractivity contribution < 1.29 is 14.0 Å². The lowest BCUT2D eigenvalue weighted by molar-refractivity contribution is 0.100. The molecule has 0 bridgehead atoms. The molecule has 0 radical (unpaired) electrons. The molecule has 0 atom stereocenters. The van der Waals surface area contributed by atoms with Crippen molar-refractivity contribution in [2.24, 2.45) is 0 Å². The fourth-order valence-corrected chi connectivity index (χ4v) is 4.66. The highest BCUT2D eigenvalue weighted by atomic mass is 16.3. The number of ketones is 2. The van der Waals surface area contributed by atoms with Crippen molar-refractivity contribution in [3.05, 3.63) is 156 Å². The zero-order valence-corrected chi connectivity index (χ0v) is 19.9. The molecule has 176 valence electrons. The normalized spacial score (nSPS) is 10.9. The second-order valence-electron chi connectivity index (χ2n) is 8.83. The lowest BCUT2D eigenvalue weighted by Crippen LogP contribution is -2.11. The largest absolute Gasteiger partial charge is 0.455 e. The summed E-state index contributed by atoms with van der Waals surface area (Å²) in [7, 11) is 0. The van der Waals surface area contributed by atoms with Gasteiger partial charge >= 0.3 is 0 Å². The first-order chi connectivity index (χ1) is 18.2. The smallest absolute Gasteiger partial charge is 0.193 e. The first-order valence-electron chi connectivity index (χ1n) is 12.1. The number of furan rings is 1. The van der Waals surface area contributed by atoms with E-state index in [1.807, 2.05) is 109 Å². The third kappa shape index (κ3) is 4.17. The topological polar surface area (TPSA) is 47.3 Å². The van der Waals surface area contributed by atoms with E-state index in [1.165, 1.54) is 0 Å². The summed E-state index contributed by atoms with van der Waals surface area (Å²) in [6.07, 6.45) is 0. The van der Waals surface area contributed by atoms with Crippen LogP contribution in [0.2, 0.25) is 0 Å². The monoisotopic (exact) mass is 478 g/mol. The predicted molar refractivity (Wildman–Crippen MR) is 147 cm³/mol. The zero-order valence-electron chi connectivity index (χ0n) is 19.9. The van der Waals surface area contributed by atoms with E-state index in [4.69, 9.17) is 4.42 Å². The number of carbonyl (C=O) groups is 2. The molecule has 37 heavy (non-hydrogen) atoms. The van der Waals surface area contributed by atoms with Gasteiger partial charge in [0.1, 0.15) is 11.5 Å². The van der Waals surface area contributed by atoms with E-state index < -0.39 is 0 Å². The van der Waals surface area contributed by atoms with Gasteiger partial charge in [-0.2, -0.15) is 0 Å². The second-order valence-corrected chi connectivity index (χ2v) is 8.83. The Labute approximate surface area is 214 Å². The van der Waals surface area contributed by atoms with E-state index in [-0.39, 0.29) is 11.6 Å². The van der Waals surface area contributed by atoms with E-state index in [0.29, 0.717) is 33.8 Å². The fourth-order valence-electron chi connectivity index (χ4n) is 4.66. The van der Waals surface area contributed by atoms with Gasteiger partial charge in [0.25, 0.3) is 0 Å². The van der Waals surface area contributed by atoms with Crippen LogP contribution in [0.15, 0.2) is 138 Å². The minimum atomic E-state index is -0.205. The molecule has 0 aliphatic rings. The number of hydrogen-bond donors (Lipinski definition) is 0. The zero-order chi connectivity index (χ0) is 25.2. The van der Waals surface area contributed by atoms with E-state index in [9.17, 15) is 9.59 Å². The van der Waals surface area contributed by atoms with Gasteiger partial charge in [-0.15, -0.1) is 0 Å². The number of carbonyl (C=O) groups excluding carboxylic acids is 2. The van der Waals surface area contributed by atoms with Crippen LogP contribution in [-0.4, -0.2) is 11.6 Å². The second kappa shape index (κ2) is 9.56. The Bertz CT molecular complexity index is 1590. The van der Waals surface area contributed by atoms with Crippen molar-refractivity contribution >= 4 is 22.3 Å². The average molecular weight is 479 g/mol. The van der Waals surface area contributed by atoms with E-state index in [1.54, 1.807) is 24.3 Å². The Morgan fingerprint density at radius 1 is 0.432 bits per heavy atom. The summed E-state index contributed by atoms with van der Waals surface area (Å²) in [5.74, 6) is 0.914. The van der Waals surface area contributed by atoms with Crippen LogP contribution >= 0.6 is 0 Å². The number of hydrogen-bond acceptors (Lipinski definition) is 3. The number of rotatable bonds is 6. The van der Waals surface area contributed by atoms with Gasteiger partial charge in [0.15, 0.2) is 11.6 Å². The van der Waals surface area contributed by atoms with Gasteiger partial charge in [0, 0.05) is 44.2 Å². The number of benzene rings is 5. The molecular formula is C34H22O3. The fraction of sp³-hybridized carbons (Fsp3) is 0. The molecule has 6 aromatic rings. The van der Waals surface area contributed by atoms with E-state index in [0.717, 1.165) is 21.9 Å². The van der Waals surface area contributed by atoms with Crippen molar-refractivity contribution in [2.45, 2.75) is 0 Å². The standard InChI is InChI=1S/C34H22O3/c35-31(23-13-5-1-6-14-23)27-21-29-30(22-28(27)32(36)24-15-7-2-8-16-24)34(26-19-11-4-12-20-26)37-33(29)25-17-9-3-10-18-25/h1-22H. The molecule has 0 amide bonds. The van der Waals surface area contributed by atoms with Gasteiger partial charge in [0.2, 0.25) is 0 Å². The quantitative estimate of drug-likeness (QED) is 0.227. The predicted octanol–water partition coefficient (Wildman–Crippen LogP) is 8.23. The van der Waals surface area contributed by atoms with Gasteiger partial charge in [-0.25, -0.2) is 0 Å². The van der Waals surface area contributed by atoms with Crippen LogP contribution in [0.4, 0.5) is 0 Å². The SMILES string of the molecule is O=C(c1ccccc1)c1cc2c(-c3ccccc3)oc(-c3ccccc3)c2cc1C(=O)c1ccccc1. The van der Waals surface area contributed by atoms with Crippen molar-refractivity contribution in [3.8, 4) is 22.6 Å². The Balaban J connectivity index is 1.67. The first-order valence-corrected chi connectivity index (χ1v) is 12.1. The molecule has 3 heteroatoms. The summed E-state index contributed by atoms with van der Waals surface area (Å²) in [5.41, 5.74) is 3.55. The molecule has 0 fully saturated rings. The summed E-state index contributed by atoms with van der Waals surface area (Å²) in [4.78, 5) is 27.6. The van der Waals surface area contributed by atoms with Crippen molar-refractivity contribution in [1.82, 2.24) is 0 Å². The molecule has 0 aliphatic heterocycles. The van der Waals surface area contributed by atoms with Crippen LogP contribution in [-0.2, 0) is 0 Å². The minimum absolute atomic E-state index is 0.205. The molecule has 6 rings (SSSR count). The van der Waals surface area contributed by atoms with Gasteiger partial charge < -0.3 is 4.42 Å². The molecule has 5 aromatic carbocycles. The third-order valence-corrected chi connectivity index (χ3v) is 6.48. The molecule has 0 saturated carbocycles. The maximum atomic E-state index is 13.8. The minimum Gasteiger partial charge on any atom is -0.455 e. The molecule has 0 N–H and O–H groups in total. The van der Waals surface area contributed by atoms with Gasteiger partial charge in [-0.3, -0.25) is 9.59 Å². The third-order valence-electron chi connectivity index (χ3n) is 6.48. The van der Waals surface area contributed by atoms with Crippen LogP contribution in [0.3, 0.4) is 0 Å². The lowest BCUT2D eigenvalue weighted by atomic mass is 9.90. The highest BCUT2D eigenvalue weighted by Gasteiger charge is 2.25. The Morgan fingerprint density at radius 3 is 1.11 bits per heavy atom. The van der Waals surface area contributed by atoms with Crippen LogP contribution in [0, 0.1) is 0 Å². The van der Waals surface area contributed by atoms with Gasteiger partial charge in [-0.1, -0.05) is 121 Å². The highest BCUT2D eigenvalue weighted by molar-refractivity contribution is 6.22. The Morgan fingerprint density at radius 2 is 0.757 bits per heavy atom. The molecule has 3 nitrogen and oxygen atoms in total. The van der Waals surface area contributed by atoms with Crippen LogP contribution in [0.5, 0.6) is 0 Å².